The van der Waals surface area contributed by atoms with Crippen LogP contribution in [-0.4, -0.2) is 32.2 Å². The molecule has 0 saturated heterocycles. The minimum absolute atomic E-state index is 0.00553. The second kappa shape index (κ2) is 6.38. The molecule has 0 spiro atoms. The quantitative estimate of drug-likeness (QED) is 0.876. The molecule has 1 rings (SSSR count). The van der Waals surface area contributed by atoms with Crippen LogP contribution < -0.4 is 5.32 Å². The third-order valence-corrected chi connectivity index (χ3v) is 4.52. The number of anilines is 1. The lowest BCUT2D eigenvalue weighted by atomic mass is 10.3. The van der Waals surface area contributed by atoms with E-state index in [-0.39, 0.29) is 16.6 Å². The van der Waals surface area contributed by atoms with Gasteiger partial charge in [0.25, 0.3) is 0 Å². The molecule has 0 heterocycles. The summed E-state index contributed by atoms with van der Waals surface area (Å²) < 4.78 is 48.1. The monoisotopic (exact) mass is 295 g/mol. The Morgan fingerprint density at radius 3 is 2.50 bits per heavy atom. The van der Waals surface area contributed by atoms with Crippen molar-refractivity contribution in [1.29, 1.82) is 0 Å². The fourth-order valence-electron chi connectivity index (χ4n) is 1.49. The molecule has 1 aromatic carbocycles. The van der Waals surface area contributed by atoms with E-state index in [0.717, 1.165) is 5.75 Å². The maximum absolute atomic E-state index is 12.5. The lowest BCUT2D eigenvalue weighted by molar-refractivity contribution is 0.235. The van der Waals surface area contributed by atoms with E-state index in [1.165, 1.54) is 18.2 Å². The summed E-state index contributed by atoms with van der Waals surface area (Å²) in [7, 11) is -4.57. The van der Waals surface area contributed by atoms with E-state index >= 15 is 0 Å². The van der Waals surface area contributed by atoms with Crippen LogP contribution >= 0.6 is 11.8 Å². The van der Waals surface area contributed by atoms with Crippen molar-refractivity contribution in [3.8, 4) is 0 Å². The predicted molar refractivity (Wildman–Crippen MR) is 71.1 cm³/mol. The van der Waals surface area contributed by atoms with Crippen molar-refractivity contribution < 1.29 is 17.2 Å². The fraction of sp³-hybridized carbons (Fsp3) is 0.455. The van der Waals surface area contributed by atoms with E-state index in [1.54, 1.807) is 17.8 Å². The third-order valence-electron chi connectivity index (χ3n) is 2.25. The maximum Gasteiger partial charge on any atom is 0.341 e. The van der Waals surface area contributed by atoms with Crippen LogP contribution in [0.2, 0.25) is 0 Å². The largest absolute Gasteiger partial charge is 0.381 e. The molecular formula is C11H15F2NO2S2. The second-order valence-corrected chi connectivity index (χ2v) is 6.60. The molecule has 0 radical (unpaired) electrons. The Labute approximate surface area is 110 Å². The molecule has 0 amide bonds. The van der Waals surface area contributed by atoms with Crippen molar-refractivity contribution in [2.75, 3.05) is 17.3 Å². The van der Waals surface area contributed by atoms with Gasteiger partial charge in [0.15, 0.2) is 0 Å². The van der Waals surface area contributed by atoms with Crippen LogP contribution in [0.5, 0.6) is 0 Å². The highest BCUT2D eigenvalue weighted by Crippen LogP contribution is 2.26. The summed E-state index contributed by atoms with van der Waals surface area (Å²) in [6.45, 7) is 1.86. The first-order valence-corrected chi connectivity index (χ1v) is 8.20. The highest BCUT2D eigenvalue weighted by molar-refractivity contribution is 7.98. The molecule has 3 nitrogen and oxygen atoms in total. The van der Waals surface area contributed by atoms with Crippen molar-refractivity contribution in [2.45, 2.75) is 23.6 Å². The number of rotatable bonds is 6. The molecule has 102 valence electrons. The van der Waals surface area contributed by atoms with Gasteiger partial charge in [-0.2, -0.15) is 20.5 Å². The summed E-state index contributed by atoms with van der Waals surface area (Å²) in [6, 6.07) is 5.72. The lowest BCUT2D eigenvalue weighted by Gasteiger charge is -2.17. The third kappa shape index (κ3) is 3.58. The topological polar surface area (TPSA) is 46.2 Å². The van der Waals surface area contributed by atoms with E-state index in [2.05, 4.69) is 5.32 Å². The fourth-order valence-corrected chi connectivity index (χ4v) is 2.96. The number of benzene rings is 1. The van der Waals surface area contributed by atoms with Crippen LogP contribution in [0, 0.1) is 0 Å². The Hall–Kier alpha value is -0.820. The van der Waals surface area contributed by atoms with Gasteiger partial charge in [0.05, 0.1) is 10.6 Å². The van der Waals surface area contributed by atoms with Crippen LogP contribution in [0.4, 0.5) is 14.5 Å². The molecule has 0 aliphatic heterocycles. The zero-order valence-corrected chi connectivity index (χ0v) is 11.7. The average Bonchev–Trinajstić information content (AvgIpc) is 2.29. The van der Waals surface area contributed by atoms with Crippen LogP contribution in [0.3, 0.4) is 0 Å². The Morgan fingerprint density at radius 2 is 1.94 bits per heavy atom. The Morgan fingerprint density at radius 1 is 1.33 bits per heavy atom. The second-order valence-electron chi connectivity index (χ2n) is 3.80. The summed E-state index contributed by atoms with van der Waals surface area (Å²) in [6.07, 6.45) is 1.92. The van der Waals surface area contributed by atoms with Crippen molar-refractivity contribution in [1.82, 2.24) is 0 Å². The van der Waals surface area contributed by atoms with E-state index in [1.807, 2.05) is 13.2 Å². The van der Waals surface area contributed by atoms with E-state index in [0.29, 0.717) is 0 Å². The Balaban J connectivity index is 3.08. The van der Waals surface area contributed by atoms with E-state index in [4.69, 9.17) is 0 Å². The maximum atomic E-state index is 12.5. The lowest BCUT2D eigenvalue weighted by Crippen LogP contribution is -2.21. The van der Waals surface area contributed by atoms with E-state index in [9.17, 15) is 17.2 Å². The predicted octanol–water partition coefficient (Wildman–Crippen LogP) is 2.85. The molecule has 1 atom stereocenters. The zero-order chi connectivity index (χ0) is 13.8. The number of nitrogens with one attached hydrogen (secondary N) is 1. The molecule has 7 heteroatoms. The average molecular weight is 295 g/mol. The molecule has 18 heavy (non-hydrogen) atoms. The molecule has 0 aliphatic carbocycles. The van der Waals surface area contributed by atoms with Crippen LogP contribution in [0.15, 0.2) is 29.2 Å². The minimum Gasteiger partial charge on any atom is -0.381 e. The van der Waals surface area contributed by atoms with Gasteiger partial charge in [-0.05, 0) is 25.3 Å². The molecule has 0 aromatic heterocycles. The number of halogens is 2. The van der Waals surface area contributed by atoms with Gasteiger partial charge in [-0.1, -0.05) is 12.1 Å². The van der Waals surface area contributed by atoms with Gasteiger partial charge >= 0.3 is 5.76 Å². The van der Waals surface area contributed by atoms with Crippen LogP contribution in [0.1, 0.15) is 6.92 Å². The highest BCUT2D eigenvalue weighted by Gasteiger charge is 2.29. The smallest absolute Gasteiger partial charge is 0.341 e. The summed E-state index contributed by atoms with van der Waals surface area (Å²) in [4.78, 5) is -0.354. The summed E-state index contributed by atoms with van der Waals surface area (Å²) in [5.74, 6) is -2.65. The number of hydrogen-bond donors (Lipinski definition) is 1. The number of sulfone groups is 1. The number of para-hydroxylation sites is 1. The van der Waals surface area contributed by atoms with Crippen molar-refractivity contribution >= 4 is 27.3 Å². The molecule has 0 bridgehead atoms. The first kappa shape index (κ1) is 15.2. The summed E-state index contributed by atoms with van der Waals surface area (Å²) in [5.41, 5.74) is 0.222. The van der Waals surface area contributed by atoms with Crippen molar-refractivity contribution in [3.05, 3.63) is 24.3 Å². The van der Waals surface area contributed by atoms with Gasteiger partial charge in [-0.25, -0.2) is 8.42 Å². The van der Waals surface area contributed by atoms with E-state index < -0.39 is 15.6 Å². The summed E-state index contributed by atoms with van der Waals surface area (Å²) >= 11 is 1.59. The van der Waals surface area contributed by atoms with Gasteiger partial charge in [0.2, 0.25) is 9.84 Å². The standard InChI is InChI=1S/C11H15F2NO2S2/c1-8(7-17-2)14-9-5-3-4-6-10(9)18(15,16)11(12)13/h3-6,8,11,14H,7H2,1-2H3. The molecule has 1 aromatic rings. The zero-order valence-electron chi connectivity index (χ0n) is 10.1. The first-order valence-electron chi connectivity index (χ1n) is 5.26. The van der Waals surface area contributed by atoms with Crippen molar-refractivity contribution in [2.24, 2.45) is 0 Å². The van der Waals surface area contributed by atoms with Crippen LogP contribution in [0.25, 0.3) is 0 Å². The van der Waals surface area contributed by atoms with Gasteiger partial charge in [-0.3, -0.25) is 0 Å². The number of thioether (sulfide) groups is 1. The molecule has 1 unspecified atom stereocenters. The normalized spacial score (nSPS) is 13.6. The van der Waals surface area contributed by atoms with Gasteiger partial charge < -0.3 is 5.32 Å². The van der Waals surface area contributed by atoms with Gasteiger partial charge in [-0.15, -0.1) is 0 Å². The Bertz CT molecular complexity index is 492. The molecular weight excluding hydrogens is 280 g/mol. The summed E-state index contributed by atoms with van der Waals surface area (Å²) in [5, 5.41) is 2.94. The van der Waals surface area contributed by atoms with Gasteiger partial charge in [0, 0.05) is 11.8 Å². The number of hydrogen-bond acceptors (Lipinski definition) is 4. The molecule has 0 saturated carbocycles. The van der Waals surface area contributed by atoms with Crippen LogP contribution in [-0.2, 0) is 9.84 Å². The molecule has 1 N–H and O–H groups in total. The van der Waals surface area contributed by atoms with Gasteiger partial charge in [0.1, 0.15) is 0 Å². The first-order chi connectivity index (χ1) is 8.39. The van der Waals surface area contributed by atoms with Crippen molar-refractivity contribution in [3.63, 3.8) is 0 Å². The molecule has 0 aliphatic rings. The molecule has 0 fully saturated rings. The highest BCUT2D eigenvalue weighted by atomic mass is 32.2. The minimum atomic E-state index is -4.57. The Kier molecular flexibility index (Phi) is 5.40. The SMILES string of the molecule is CSCC(C)Nc1ccccc1S(=O)(=O)C(F)F. The number of alkyl halides is 2.